The summed E-state index contributed by atoms with van der Waals surface area (Å²) in [6, 6.07) is 0.662. The van der Waals surface area contributed by atoms with Crippen molar-refractivity contribution in [2.45, 2.75) is 57.8 Å². The fraction of sp³-hybridized carbons (Fsp3) is 0.941. The summed E-state index contributed by atoms with van der Waals surface area (Å²) in [6.07, 6.45) is 5.49. The molecule has 0 spiro atoms. The molecular formula is C17H32ClN3O2. The molecule has 6 heteroatoms. The molecule has 2 heterocycles. The maximum atomic E-state index is 12.5. The van der Waals surface area contributed by atoms with Gasteiger partial charge in [-0.05, 0) is 52.0 Å². The third-order valence-electron chi connectivity index (χ3n) is 5.11. The van der Waals surface area contributed by atoms with Gasteiger partial charge in [-0.1, -0.05) is 0 Å². The molecule has 0 aromatic heterocycles. The van der Waals surface area contributed by atoms with Crippen LogP contribution in [-0.4, -0.2) is 73.2 Å². The molecule has 2 unspecified atom stereocenters. The molecule has 3 rings (SSSR count). The van der Waals surface area contributed by atoms with Crippen LogP contribution in [0.25, 0.3) is 0 Å². The lowest BCUT2D eigenvalue weighted by Gasteiger charge is -2.37. The van der Waals surface area contributed by atoms with Gasteiger partial charge in [0, 0.05) is 32.2 Å². The first-order chi connectivity index (χ1) is 10.6. The minimum atomic E-state index is 0. The van der Waals surface area contributed by atoms with E-state index in [0.29, 0.717) is 12.6 Å². The van der Waals surface area contributed by atoms with Crippen LogP contribution >= 0.6 is 12.4 Å². The van der Waals surface area contributed by atoms with Gasteiger partial charge in [0.2, 0.25) is 5.91 Å². The van der Waals surface area contributed by atoms with Crippen LogP contribution in [0.5, 0.6) is 0 Å². The van der Waals surface area contributed by atoms with Crippen molar-refractivity contribution in [1.29, 1.82) is 0 Å². The Balaban J connectivity index is 0.00000192. The van der Waals surface area contributed by atoms with Gasteiger partial charge in [-0.2, -0.15) is 0 Å². The van der Waals surface area contributed by atoms with Gasteiger partial charge >= 0.3 is 0 Å². The van der Waals surface area contributed by atoms with Crippen LogP contribution in [-0.2, 0) is 9.53 Å². The molecule has 1 N–H and O–H groups in total. The summed E-state index contributed by atoms with van der Waals surface area (Å²) in [5, 5.41) is 3.69. The number of hydrogen-bond donors (Lipinski definition) is 1. The Bertz CT molecular complexity index is 374. The Hall–Kier alpha value is -0.360. The molecule has 1 aliphatic carbocycles. The zero-order valence-corrected chi connectivity index (χ0v) is 15.3. The average Bonchev–Trinajstić information content (AvgIpc) is 3.30. The molecule has 0 radical (unpaired) electrons. The van der Waals surface area contributed by atoms with E-state index < -0.39 is 0 Å². The number of amides is 1. The third-order valence-corrected chi connectivity index (χ3v) is 5.11. The lowest BCUT2D eigenvalue weighted by Crippen LogP contribution is -2.52. The predicted molar refractivity (Wildman–Crippen MR) is 94.0 cm³/mol. The van der Waals surface area contributed by atoms with Gasteiger partial charge in [0.15, 0.2) is 0 Å². The molecule has 2 atom stereocenters. The molecule has 2 aliphatic heterocycles. The fourth-order valence-corrected chi connectivity index (χ4v) is 3.62. The zero-order chi connectivity index (χ0) is 15.5. The summed E-state index contributed by atoms with van der Waals surface area (Å²) in [5.41, 5.74) is 0. The molecule has 5 nitrogen and oxygen atoms in total. The van der Waals surface area contributed by atoms with E-state index in [4.69, 9.17) is 4.74 Å². The average molecular weight is 346 g/mol. The highest BCUT2D eigenvalue weighted by atomic mass is 35.5. The second-order valence-corrected chi connectivity index (χ2v) is 7.46. The van der Waals surface area contributed by atoms with E-state index in [-0.39, 0.29) is 30.5 Å². The lowest BCUT2D eigenvalue weighted by atomic mass is 10.0. The second-order valence-electron chi connectivity index (χ2n) is 7.46. The summed E-state index contributed by atoms with van der Waals surface area (Å²) in [6.45, 7) is 9.44. The Morgan fingerprint density at radius 2 is 1.70 bits per heavy atom. The van der Waals surface area contributed by atoms with E-state index in [1.165, 1.54) is 32.2 Å². The second kappa shape index (κ2) is 8.65. The highest BCUT2D eigenvalue weighted by molar-refractivity contribution is 5.85. The smallest absolute Gasteiger partial charge is 0.236 e. The largest absolute Gasteiger partial charge is 0.372 e. The van der Waals surface area contributed by atoms with Crippen LogP contribution < -0.4 is 5.32 Å². The fourth-order valence-electron chi connectivity index (χ4n) is 3.62. The lowest BCUT2D eigenvalue weighted by molar-refractivity contribution is -0.144. The molecule has 0 aromatic rings. The number of likely N-dealkylation sites (tertiary alicyclic amines) is 1. The molecule has 0 aromatic carbocycles. The third kappa shape index (κ3) is 5.89. The number of carbonyl (C=O) groups is 1. The van der Waals surface area contributed by atoms with Crippen molar-refractivity contribution in [2.75, 3.05) is 39.3 Å². The SMILES string of the molecule is CC1CN(C(=O)CN2CCC(NCC3CC3)CC2)CC(C)O1.Cl. The molecular weight excluding hydrogens is 314 g/mol. The molecule has 23 heavy (non-hydrogen) atoms. The molecule has 1 amide bonds. The van der Waals surface area contributed by atoms with Gasteiger partial charge in [0.1, 0.15) is 0 Å². The van der Waals surface area contributed by atoms with Crippen LogP contribution in [0.2, 0.25) is 0 Å². The van der Waals surface area contributed by atoms with Crippen LogP contribution in [0.1, 0.15) is 39.5 Å². The normalized spacial score (nSPS) is 30.1. The highest BCUT2D eigenvalue weighted by Gasteiger charge is 2.28. The molecule has 3 aliphatic rings. The van der Waals surface area contributed by atoms with Gasteiger partial charge in [-0.3, -0.25) is 9.69 Å². The molecule has 0 bridgehead atoms. The van der Waals surface area contributed by atoms with E-state index in [0.717, 1.165) is 32.1 Å². The highest BCUT2D eigenvalue weighted by Crippen LogP contribution is 2.28. The van der Waals surface area contributed by atoms with Crippen molar-refractivity contribution in [2.24, 2.45) is 5.92 Å². The van der Waals surface area contributed by atoms with Crippen LogP contribution in [0.3, 0.4) is 0 Å². The summed E-state index contributed by atoms with van der Waals surface area (Å²) in [7, 11) is 0. The summed E-state index contributed by atoms with van der Waals surface area (Å²) in [4.78, 5) is 16.8. The maximum Gasteiger partial charge on any atom is 0.236 e. The van der Waals surface area contributed by atoms with Gasteiger partial charge in [0.05, 0.1) is 18.8 Å². The van der Waals surface area contributed by atoms with Gasteiger partial charge in [-0.25, -0.2) is 0 Å². The number of hydrogen-bond acceptors (Lipinski definition) is 4. The number of nitrogens with zero attached hydrogens (tertiary/aromatic N) is 2. The molecule has 1 saturated carbocycles. The monoisotopic (exact) mass is 345 g/mol. The number of halogens is 1. The van der Waals surface area contributed by atoms with E-state index in [1.807, 2.05) is 18.7 Å². The maximum absolute atomic E-state index is 12.5. The Kier molecular flexibility index (Phi) is 7.14. The van der Waals surface area contributed by atoms with E-state index in [2.05, 4.69) is 10.2 Å². The molecule has 3 fully saturated rings. The summed E-state index contributed by atoms with van der Waals surface area (Å²) in [5.74, 6) is 1.22. The number of piperidine rings is 1. The predicted octanol–water partition coefficient (Wildman–Crippen LogP) is 1.51. The molecule has 134 valence electrons. The van der Waals surface area contributed by atoms with E-state index in [9.17, 15) is 4.79 Å². The van der Waals surface area contributed by atoms with Crippen molar-refractivity contribution < 1.29 is 9.53 Å². The van der Waals surface area contributed by atoms with Crippen molar-refractivity contribution >= 4 is 18.3 Å². The first-order valence-electron chi connectivity index (χ1n) is 8.99. The van der Waals surface area contributed by atoms with Gasteiger partial charge in [-0.15, -0.1) is 12.4 Å². The number of rotatable bonds is 5. The standard InChI is InChI=1S/C17H31N3O2.ClH/c1-13-10-20(11-14(2)22-13)17(21)12-19-7-5-16(6-8-19)18-9-15-3-4-15;/h13-16,18H,3-12H2,1-2H3;1H. The minimum absolute atomic E-state index is 0. The van der Waals surface area contributed by atoms with Crippen molar-refractivity contribution in [1.82, 2.24) is 15.1 Å². The van der Waals surface area contributed by atoms with Gasteiger partial charge in [0.25, 0.3) is 0 Å². The molecule has 2 saturated heterocycles. The van der Waals surface area contributed by atoms with E-state index >= 15 is 0 Å². The Morgan fingerprint density at radius 1 is 1.09 bits per heavy atom. The topological polar surface area (TPSA) is 44.8 Å². The summed E-state index contributed by atoms with van der Waals surface area (Å²) < 4.78 is 5.71. The number of morpholine rings is 1. The quantitative estimate of drug-likeness (QED) is 0.820. The van der Waals surface area contributed by atoms with E-state index in [1.54, 1.807) is 0 Å². The Morgan fingerprint density at radius 3 is 2.26 bits per heavy atom. The van der Waals surface area contributed by atoms with Crippen LogP contribution in [0, 0.1) is 5.92 Å². The van der Waals surface area contributed by atoms with Crippen molar-refractivity contribution in [3.05, 3.63) is 0 Å². The van der Waals surface area contributed by atoms with Crippen molar-refractivity contribution in [3.63, 3.8) is 0 Å². The van der Waals surface area contributed by atoms with Crippen molar-refractivity contribution in [3.8, 4) is 0 Å². The number of nitrogens with one attached hydrogen (secondary N) is 1. The number of carbonyl (C=O) groups excluding carboxylic acids is 1. The van der Waals surface area contributed by atoms with Gasteiger partial charge < -0.3 is 15.0 Å². The zero-order valence-electron chi connectivity index (χ0n) is 14.5. The first kappa shape index (κ1) is 19.0. The summed E-state index contributed by atoms with van der Waals surface area (Å²) >= 11 is 0. The first-order valence-corrected chi connectivity index (χ1v) is 8.99. The Labute approximate surface area is 146 Å². The number of ether oxygens (including phenoxy) is 1. The van der Waals surface area contributed by atoms with Crippen LogP contribution in [0.15, 0.2) is 0 Å². The minimum Gasteiger partial charge on any atom is -0.372 e. The van der Waals surface area contributed by atoms with Crippen LogP contribution in [0.4, 0.5) is 0 Å².